The number of rotatable bonds is 1. The molecule has 0 nitrogen and oxygen atoms in total. The number of allylic oxidation sites excluding steroid dienone is 4. The molecule has 100 valence electrons. The third-order valence-corrected chi connectivity index (χ3v) is 5.83. The topological polar surface area (TPSA) is 0 Å². The summed E-state index contributed by atoms with van der Waals surface area (Å²) in [7, 11) is 0. The third-order valence-electron chi connectivity index (χ3n) is 5.83. The Morgan fingerprint density at radius 1 is 0.889 bits per heavy atom. The van der Waals surface area contributed by atoms with Crippen LogP contribution < -0.4 is 0 Å². The molecule has 0 heterocycles. The fourth-order valence-corrected chi connectivity index (χ4v) is 3.97. The summed E-state index contributed by atoms with van der Waals surface area (Å²) in [4.78, 5) is 0. The van der Waals surface area contributed by atoms with Gasteiger partial charge in [0.15, 0.2) is 0 Å². The van der Waals surface area contributed by atoms with E-state index in [0.717, 1.165) is 5.92 Å². The zero-order chi connectivity index (χ0) is 13.3. The Labute approximate surface area is 114 Å². The van der Waals surface area contributed by atoms with Gasteiger partial charge in [0, 0.05) is 5.41 Å². The second kappa shape index (κ2) is 5.23. The van der Waals surface area contributed by atoms with Gasteiger partial charge in [0.05, 0.1) is 0 Å². The van der Waals surface area contributed by atoms with Crippen molar-refractivity contribution in [3.63, 3.8) is 0 Å². The summed E-state index contributed by atoms with van der Waals surface area (Å²) in [6, 6.07) is 0. The van der Waals surface area contributed by atoms with Crippen LogP contribution in [-0.4, -0.2) is 0 Å². The molecule has 1 fully saturated rings. The van der Waals surface area contributed by atoms with E-state index in [1.807, 2.05) is 0 Å². The van der Waals surface area contributed by atoms with Gasteiger partial charge in [-0.25, -0.2) is 0 Å². The van der Waals surface area contributed by atoms with Crippen LogP contribution >= 0.6 is 0 Å². The molecule has 18 heavy (non-hydrogen) atoms. The van der Waals surface area contributed by atoms with E-state index in [0.29, 0.717) is 5.41 Å². The fraction of sp³-hybridized carbons (Fsp3) is 0.667. The van der Waals surface area contributed by atoms with Crippen molar-refractivity contribution in [3.05, 3.63) is 35.1 Å². The second-order valence-corrected chi connectivity index (χ2v) is 6.38. The Bertz CT molecular complexity index is 349. The average molecular weight is 244 g/mol. The zero-order valence-electron chi connectivity index (χ0n) is 12.8. The third kappa shape index (κ3) is 2.08. The van der Waals surface area contributed by atoms with Crippen molar-refractivity contribution in [1.29, 1.82) is 0 Å². The highest BCUT2D eigenvalue weighted by atomic mass is 14.5. The van der Waals surface area contributed by atoms with Crippen molar-refractivity contribution in [2.24, 2.45) is 11.3 Å². The first-order valence-corrected chi connectivity index (χ1v) is 7.51. The molecule has 0 aromatic rings. The van der Waals surface area contributed by atoms with Gasteiger partial charge in [0.1, 0.15) is 0 Å². The van der Waals surface area contributed by atoms with Crippen LogP contribution in [0, 0.1) is 24.2 Å². The van der Waals surface area contributed by atoms with E-state index in [2.05, 4.69) is 47.5 Å². The van der Waals surface area contributed by atoms with Crippen LogP contribution in [0.3, 0.4) is 0 Å². The fourth-order valence-electron chi connectivity index (χ4n) is 3.97. The smallest absolute Gasteiger partial charge is 0.0126 e. The van der Waals surface area contributed by atoms with Gasteiger partial charge in [0.2, 0.25) is 0 Å². The van der Waals surface area contributed by atoms with Gasteiger partial charge in [-0.15, -0.1) is 0 Å². The summed E-state index contributed by atoms with van der Waals surface area (Å²) >= 11 is 0. The van der Waals surface area contributed by atoms with Gasteiger partial charge in [0.25, 0.3) is 0 Å². The highest BCUT2D eigenvalue weighted by Crippen LogP contribution is 2.54. The molecule has 1 saturated carbocycles. The second-order valence-electron chi connectivity index (χ2n) is 6.38. The standard InChI is InChI=1S/C18H28/c1-13-14(2)16(4)18(5,15(13)3)17-11-9-7-6-8-10-12-17/h6-7,17H,8-12H2,1-5H3. The van der Waals surface area contributed by atoms with E-state index < -0.39 is 0 Å². The maximum absolute atomic E-state index is 2.49. The van der Waals surface area contributed by atoms with Crippen molar-refractivity contribution in [2.75, 3.05) is 0 Å². The summed E-state index contributed by atoms with van der Waals surface area (Å²) < 4.78 is 0. The maximum atomic E-state index is 2.49. The van der Waals surface area contributed by atoms with Crippen LogP contribution in [0.2, 0.25) is 0 Å². The van der Waals surface area contributed by atoms with Crippen LogP contribution in [0.25, 0.3) is 0 Å². The Hall–Kier alpha value is -0.520. The molecule has 0 saturated heterocycles. The molecule has 2 radical (unpaired) electrons. The average Bonchev–Trinajstić information content (AvgIpc) is 2.46. The summed E-state index contributed by atoms with van der Waals surface area (Å²) in [5, 5.41) is 0. The predicted molar refractivity (Wildman–Crippen MR) is 80.0 cm³/mol. The van der Waals surface area contributed by atoms with Crippen LogP contribution in [0.15, 0.2) is 22.3 Å². The summed E-state index contributed by atoms with van der Waals surface area (Å²) in [5.74, 6) is 0.829. The molecule has 0 aromatic carbocycles. The minimum Gasteiger partial charge on any atom is -0.0599 e. The molecule has 1 unspecified atom stereocenters. The van der Waals surface area contributed by atoms with Crippen LogP contribution in [0.1, 0.15) is 66.7 Å². The van der Waals surface area contributed by atoms with Crippen molar-refractivity contribution in [3.8, 4) is 0 Å². The van der Waals surface area contributed by atoms with E-state index in [1.165, 1.54) is 32.1 Å². The molecule has 0 amide bonds. The molecule has 1 atom stereocenters. The lowest BCUT2D eigenvalue weighted by Crippen LogP contribution is -2.29. The lowest BCUT2D eigenvalue weighted by molar-refractivity contribution is 0.246. The van der Waals surface area contributed by atoms with Crippen LogP contribution in [0.5, 0.6) is 0 Å². The summed E-state index contributed by atoms with van der Waals surface area (Å²) in [6.45, 7) is 11.8. The minimum atomic E-state index is 0.333. The highest BCUT2D eigenvalue weighted by Gasteiger charge is 2.42. The molecule has 0 bridgehead atoms. The Kier molecular flexibility index (Phi) is 4.04. The van der Waals surface area contributed by atoms with Gasteiger partial charge in [-0.1, -0.05) is 24.5 Å². The molecule has 0 spiro atoms. The minimum absolute atomic E-state index is 0.333. The first-order chi connectivity index (χ1) is 8.49. The zero-order valence-corrected chi connectivity index (χ0v) is 12.8. The molecule has 0 aromatic heterocycles. The quantitative estimate of drug-likeness (QED) is 0.557. The summed E-state index contributed by atoms with van der Waals surface area (Å²) in [6.07, 6.45) is 11.4. The van der Waals surface area contributed by atoms with Crippen molar-refractivity contribution < 1.29 is 0 Å². The SMILES string of the molecule is CC1=C(C)C(C)(C2CC[CH][CH]CCC2)C(C)=C1C. The van der Waals surface area contributed by atoms with E-state index in [9.17, 15) is 0 Å². The maximum Gasteiger partial charge on any atom is 0.0126 e. The van der Waals surface area contributed by atoms with Gasteiger partial charge >= 0.3 is 0 Å². The predicted octanol–water partition coefficient (Wildman–Crippen LogP) is 5.67. The molecular formula is C18H28. The normalized spacial score (nSPS) is 26.5. The Balaban J connectivity index is 2.30. The van der Waals surface area contributed by atoms with E-state index in [4.69, 9.17) is 0 Å². The first-order valence-electron chi connectivity index (χ1n) is 7.51. The molecular weight excluding hydrogens is 216 g/mol. The lowest BCUT2D eigenvalue weighted by Gasteiger charge is -2.39. The highest BCUT2D eigenvalue weighted by molar-refractivity contribution is 5.50. The molecule has 0 heteroatoms. The summed E-state index contributed by atoms with van der Waals surface area (Å²) in [5.41, 5.74) is 6.69. The van der Waals surface area contributed by atoms with Crippen LogP contribution in [0.4, 0.5) is 0 Å². The van der Waals surface area contributed by atoms with Gasteiger partial charge in [-0.05, 0) is 83.3 Å². The Morgan fingerprint density at radius 2 is 1.44 bits per heavy atom. The van der Waals surface area contributed by atoms with Crippen molar-refractivity contribution >= 4 is 0 Å². The van der Waals surface area contributed by atoms with Crippen molar-refractivity contribution in [1.82, 2.24) is 0 Å². The Morgan fingerprint density at radius 3 is 2.06 bits per heavy atom. The van der Waals surface area contributed by atoms with Crippen LogP contribution in [-0.2, 0) is 0 Å². The van der Waals surface area contributed by atoms with Crippen molar-refractivity contribution in [2.45, 2.75) is 66.7 Å². The first kappa shape index (κ1) is 13.9. The number of hydrogen-bond acceptors (Lipinski definition) is 0. The molecule has 0 N–H and O–H groups in total. The van der Waals surface area contributed by atoms with E-state index >= 15 is 0 Å². The molecule has 2 aliphatic carbocycles. The number of hydrogen-bond donors (Lipinski definition) is 0. The lowest BCUT2D eigenvalue weighted by atomic mass is 9.65. The monoisotopic (exact) mass is 244 g/mol. The van der Waals surface area contributed by atoms with E-state index in [-0.39, 0.29) is 0 Å². The molecule has 2 aliphatic rings. The largest absolute Gasteiger partial charge is 0.0599 e. The van der Waals surface area contributed by atoms with Gasteiger partial charge in [-0.3, -0.25) is 0 Å². The molecule has 0 aliphatic heterocycles. The van der Waals surface area contributed by atoms with Gasteiger partial charge in [-0.2, -0.15) is 0 Å². The van der Waals surface area contributed by atoms with E-state index in [1.54, 1.807) is 22.3 Å². The molecule has 2 rings (SSSR count). The van der Waals surface area contributed by atoms with Gasteiger partial charge < -0.3 is 0 Å².